The van der Waals surface area contributed by atoms with Crippen LogP contribution in [0.5, 0.6) is 5.75 Å². The molecule has 0 spiro atoms. The van der Waals surface area contributed by atoms with Gasteiger partial charge in [-0.2, -0.15) is 0 Å². The fourth-order valence-corrected chi connectivity index (χ4v) is 4.28. The summed E-state index contributed by atoms with van der Waals surface area (Å²) in [5, 5.41) is 9.74. The van der Waals surface area contributed by atoms with Gasteiger partial charge in [-0.05, 0) is 29.2 Å². The highest BCUT2D eigenvalue weighted by Crippen LogP contribution is 2.48. The van der Waals surface area contributed by atoms with E-state index in [1.807, 2.05) is 72.8 Å². The van der Waals surface area contributed by atoms with Gasteiger partial charge >= 0.3 is 5.97 Å². The van der Waals surface area contributed by atoms with Crippen LogP contribution in [0.15, 0.2) is 78.9 Å². The summed E-state index contributed by atoms with van der Waals surface area (Å²) in [7, 11) is 1.58. The highest BCUT2D eigenvalue weighted by atomic mass is 16.5. The first-order valence-electron chi connectivity index (χ1n) is 9.83. The maximum atomic E-state index is 13.9. The van der Waals surface area contributed by atoms with Crippen LogP contribution in [0.3, 0.4) is 0 Å². The number of hydrogen-bond donors (Lipinski definition) is 1. The van der Waals surface area contributed by atoms with Gasteiger partial charge in [0.05, 0.1) is 31.2 Å². The molecule has 3 aromatic rings. The normalized spacial score (nSPS) is 17.6. The smallest absolute Gasteiger partial charge is 0.304 e. The minimum Gasteiger partial charge on any atom is -0.497 e. The second kappa shape index (κ2) is 8.03. The molecule has 5 nitrogen and oxygen atoms in total. The number of carbonyl (C=O) groups excluding carboxylic acids is 1. The van der Waals surface area contributed by atoms with Crippen molar-refractivity contribution in [2.45, 2.75) is 24.8 Å². The van der Waals surface area contributed by atoms with E-state index in [1.165, 1.54) is 0 Å². The Balaban J connectivity index is 1.85. The molecule has 0 unspecified atom stereocenters. The third-order valence-electron chi connectivity index (χ3n) is 5.65. The van der Waals surface area contributed by atoms with Crippen LogP contribution in [0.1, 0.15) is 23.1 Å². The summed E-state index contributed by atoms with van der Waals surface area (Å²) in [5.74, 6) is -0.561. The van der Waals surface area contributed by atoms with Crippen molar-refractivity contribution >= 4 is 17.6 Å². The lowest BCUT2D eigenvalue weighted by atomic mass is 9.74. The Labute approximate surface area is 175 Å². The van der Waals surface area contributed by atoms with Crippen LogP contribution >= 0.6 is 0 Å². The zero-order valence-corrected chi connectivity index (χ0v) is 16.7. The lowest BCUT2D eigenvalue weighted by Crippen LogP contribution is -2.43. The fourth-order valence-electron chi connectivity index (χ4n) is 4.28. The Bertz CT molecular complexity index is 1070. The van der Waals surface area contributed by atoms with Gasteiger partial charge in [0, 0.05) is 6.07 Å². The Morgan fingerprint density at radius 1 is 0.967 bits per heavy atom. The van der Waals surface area contributed by atoms with Crippen molar-refractivity contribution < 1.29 is 19.4 Å². The molecule has 1 heterocycles. The number of hydrogen-bond acceptors (Lipinski definition) is 3. The number of rotatable bonds is 7. The van der Waals surface area contributed by atoms with Crippen LogP contribution in [0, 0.1) is 0 Å². The Morgan fingerprint density at radius 3 is 2.20 bits per heavy atom. The molecule has 1 atom stereocenters. The molecule has 1 aliphatic heterocycles. The molecule has 0 aromatic heterocycles. The van der Waals surface area contributed by atoms with Crippen LogP contribution in [0.4, 0.5) is 5.69 Å². The summed E-state index contributed by atoms with van der Waals surface area (Å²) in [6, 6.07) is 24.7. The number of carbonyl (C=O) groups is 2. The van der Waals surface area contributed by atoms with Crippen molar-refractivity contribution in [3.8, 4) is 5.75 Å². The van der Waals surface area contributed by atoms with E-state index in [9.17, 15) is 14.7 Å². The molecule has 0 fully saturated rings. The first-order chi connectivity index (χ1) is 14.5. The van der Waals surface area contributed by atoms with Gasteiger partial charge in [-0.3, -0.25) is 9.59 Å². The van der Waals surface area contributed by atoms with Crippen molar-refractivity contribution in [2.24, 2.45) is 0 Å². The number of aliphatic carboxylic acids is 1. The summed E-state index contributed by atoms with van der Waals surface area (Å²) in [4.78, 5) is 27.4. The number of amides is 1. The maximum Gasteiger partial charge on any atom is 0.304 e. The molecule has 152 valence electrons. The van der Waals surface area contributed by atoms with Crippen LogP contribution in [-0.2, 0) is 28.0 Å². The molecule has 5 heteroatoms. The van der Waals surface area contributed by atoms with Crippen LogP contribution in [0.25, 0.3) is 0 Å². The van der Waals surface area contributed by atoms with E-state index in [0.717, 1.165) is 16.7 Å². The van der Waals surface area contributed by atoms with Gasteiger partial charge in [-0.15, -0.1) is 0 Å². The van der Waals surface area contributed by atoms with Crippen molar-refractivity contribution in [1.82, 2.24) is 0 Å². The Kier molecular flexibility index (Phi) is 5.27. The molecule has 0 aliphatic carbocycles. The van der Waals surface area contributed by atoms with Gasteiger partial charge < -0.3 is 14.7 Å². The van der Waals surface area contributed by atoms with Gasteiger partial charge in [-0.25, -0.2) is 0 Å². The largest absolute Gasteiger partial charge is 0.497 e. The molecular formula is C25H23NO4. The topological polar surface area (TPSA) is 66.8 Å². The first-order valence-corrected chi connectivity index (χ1v) is 9.83. The van der Waals surface area contributed by atoms with Gasteiger partial charge in [0.2, 0.25) is 5.91 Å². The average Bonchev–Trinajstić information content (AvgIpc) is 2.97. The van der Waals surface area contributed by atoms with E-state index in [2.05, 4.69) is 0 Å². The molecule has 3 aromatic carbocycles. The molecule has 1 aliphatic rings. The second-order valence-electron chi connectivity index (χ2n) is 7.57. The highest BCUT2D eigenvalue weighted by molar-refractivity contribution is 6.10. The third-order valence-corrected chi connectivity index (χ3v) is 5.65. The van der Waals surface area contributed by atoms with Crippen molar-refractivity contribution in [1.29, 1.82) is 0 Å². The number of nitrogens with zero attached hydrogens (tertiary/aromatic N) is 1. The molecule has 30 heavy (non-hydrogen) atoms. The molecule has 1 N–H and O–H groups in total. The number of anilines is 1. The molecule has 0 saturated carbocycles. The van der Waals surface area contributed by atoms with E-state index in [4.69, 9.17) is 4.74 Å². The molecule has 0 bridgehead atoms. The number of fused-ring (bicyclic) bond motifs is 1. The summed E-state index contributed by atoms with van der Waals surface area (Å²) in [6.07, 6.45) is 0.0505. The zero-order valence-electron chi connectivity index (χ0n) is 16.7. The molecule has 0 saturated heterocycles. The SMILES string of the molecule is COc1ccc2c(c1)N(Cc1ccccc1)C(=O)[C@@]2(CC(=O)O)Cc1ccccc1. The van der Waals surface area contributed by atoms with Gasteiger partial charge in [-0.1, -0.05) is 66.7 Å². The number of carboxylic acids is 1. The van der Waals surface area contributed by atoms with Gasteiger partial charge in [0.1, 0.15) is 5.75 Å². The number of carboxylic acid groups (broad SMARTS) is 1. The average molecular weight is 401 g/mol. The van der Waals surface area contributed by atoms with Gasteiger partial charge in [0.15, 0.2) is 0 Å². The lowest BCUT2D eigenvalue weighted by Gasteiger charge is -2.27. The van der Waals surface area contributed by atoms with E-state index >= 15 is 0 Å². The van der Waals surface area contributed by atoms with Crippen molar-refractivity contribution in [3.63, 3.8) is 0 Å². The lowest BCUT2D eigenvalue weighted by molar-refractivity contribution is -0.141. The van der Waals surface area contributed by atoms with Crippen LogP contribution in [0.2, 0.25) is 0 Å². The Hall–Kier alpha value is -3.60. The molecule has 1 amide bonds. The fraction of sp³-hybridized carbons (Fsp3) is 0.200. The summed E-state index contributed by atoms with van der Waals surface area (Å²) in [5.41, 5.74) is 2.18. The zero-order chi connectivity index (χ0) is 21.1. The van der Waals surface area contributed by atoms with Crippen molar-refractivity contribution in [3.05, 3.63) is 95.6 Å². The van der Waals surface area contributed by atoms with Gasteiger partial charge in [0.25, 0.3) is 0 Å². The molecular weight excluding hydrogens is 378 g/mol. The van der Waals surface area contributed by atoms with E-state index in [0.29, 0.717) is 24.4 Å². The monoisotopic (exact) mass is 401 g/mol. The van der Waals surface area contributed by atoms with E-state index in [-0.39, 0.29) is 12.3 Å². The molecule has 0 radical (unpaired) electrons. The van der Waals surface area contributed by atoms with Crippen LogP contribution in [-0.4, -0.2) is 24.1 Å². The maximum absolute atomic E-state index is 13.9. The standard InChI is InChI=1S/C25H23NO4/c1-30-20-12-13-21-22(14-20)26(17-19-10-6-3-7-11-19)24(29)25(21,16-23(27)28)15-18-8-4-2-5-9-18/h2-14H,15-17H2,1H3,(H,27,28)/t25-/m1/s1. The third kappa shape index (κ3) is 3.54. The minimum absolute atomic E-state index is 0.194. The van der Waals surface area contributed by atoms with E-state index < -0.39 is 11.4 Å². The first kappa shape index (κ1) is 19.7. The number of ether oxygens (including phenoxy) is 1. The van der Waals surface area contributed by atoms with E-state index in [1.54, 1.807) is 18.1 Å². The minimum atomic E-state index is -1.16. The highest BCUT2D eigenvalue weighted by Gasteiger charge is 2.52. The number of methoxy groups -OCH3 is 1. The predicted octanol–water partition coefficient (Wildman–Crippen LogP) is 4.20. The van der Waals surface area contributed by atoms with Crippen LogP contribution < -0.4 is 9.64 Å². The summed E-state index contributed by atoms with van der Waals surface area (Å²) in [6.45, 7) is 0.371. The van der Waals surface area contributed by atoms with Crippen molar-refractivity contribution in [2.75, 3.05) is 12.0 Å². The number of benzene rings is 3. The summed E-state index contributed by atoms with van der Waals surface area (Å²) >= 11 is 0. The quantitative estimate of drug-likeness (QED) is 0.644. The molecule has 4 rings (SSSR count). The summed E-state index contributed by atoms with van der Waals surface area (Å²) < 4.78 is 5.39. The predicted molar refractivity (Wildman–Crippen MR) is 115 cm³/mol. The Morgan fingerprint density at radius 2 is 1.60 bits per heavy atom. The second-order valence-corrected chi connectivity index (χ2v) is 7.57.